The van der Waals surface area contributed by atoms with Crippen LogP contribution in [0.1, 0.15) is 37.1 Å². The minimum absolute atomic E-state index is 0.140. The molecule has 5 nitrogen and oxygen atoms in total. The maximum absolute atomic E-state index is 9.88. The number of nitrogens with zero attached hydrogens (tertiary/aromatic N) is 3. The topological polar surface area (TPSA) is 62.4 Å². The summed E-state index contributed by atoms with van der Waals surface area (Å²) in [4.78, 5) is 7.00. The van der Waals surface area contributed by atoms with Crippen molar-refractivity contribution in [1.29, 1.82) is 0 Å². The van der Waals surface area contributed by atoms with E-state index in [4.69, 9.17) is 4.52 Å². The third kappa shape index (κ3) is 2.44. The smallest absolute Gasteiger partial charge is 0.241 e. The molecule has 2 aromatic rings. The van der Waals surface area contributed by atoms with Crippen molar-refractivity contribution >= 4 is 0 Å². The van der Waals surface area contributed by atoms with Gasteiger partial charge in [0.2, 0.25) is 11.7 Å². The molecule has 3 heterocycles. The van der Waals surface area contributed by atoms with Crippen molar-refractivity contribution in [3.05, 3.63) is 35.7 Å². The summed E-state index contributed by atoms with van der Waals surface area (Å²) in [5.74, 6) is 1.34. The Bertz CT molecular complexity index is 655. The number of aryl methyl sites for hydroxylation is 1. The molecule has 1 aromatic heterocycles. The summed E-state index contributed by atoms with van der Waals surface area (Å²) in [6, 6.07) is 8.99. The van der Waals surface area contributed by atoms with Gasteiger partial charge in [-0.15, -0.1) is 0 Å². The first-order chi connectivity index (χ1) is 10.7. The summed E-state index contributed by atoms with van der Waals surface area (Å²) in [6.45, 7) is 2.75. The van der Waals surface area contributed by atoms with Gasteiger partial charge >= 0.3 is 0 Å². The fraction of sp³-hybridized carbons (Fsp3) is 0.529. The van der Waals surface area contributed by atoms with Crippen molar-refractivity contribution in [3.63, 3.8) is 0 Å². The van der Waals surface area contributed by atoms with Crippen molar-refractivity contribution in [1.82, 2.24) is 15.0 Å². The summed E-state index contributed by atoms with van der Waals surface area (Å²) in [5.41, 5.74) is 2.17. The van der Waals surface area contributed by atoms with E-state index in [1.54, 1.807) is 0 Å². The average Bonchev–Trinajstić information content (AvgIpc) is 3.04. The van der Waals surface area contributed by atoms with Crippen LogP contribution in [0.3, 0.4) is 0 Å². The number of aromatic nitrogens is 2. The van der Waals surface area contributed by atoms with Crippen LogP contribution in [0.5, 0.6) is 0 Å². The largest absolute Gasteiger partial charge is 0.393 e. The second-order valence-electron chi connectivity index (χ2n) is 6.51. The van der Waals surface area contributed by atoms with E-state index in [2.05, 4.69) is 28.0 Å². The summed E-state index contributed by atoms with van der Waals surface area (Å²) in [7, 11) is 0. The fourth-order valence-electron chi connectivity index (χ4n) is 3.91. The van der Waals surface area contributed by atoms with Gasteiger partial charge in [-0.05, 0) is 38.2 Å². The van der Waals surface area contributed by atoms with Gasteiger partial charge in [0, 0.05) is 17.6 Å². The molecule has 0 saturated carbocycles. The van der Waals surface area contributed by atoms with E-state index in [1.165, 1.54) is 12.8 Å². The van der Waals surface area contributed by atoms with Crippen LogP contribution in [0.4, 0.5) is 0 Å². The molecule has 2 aliphatic rings. The lowest BCUT2D eigenvalue weighted by Crippen LogP contribution is -2.44. The van der Waals surface area contributed by atoms with Gasteiger partial charge in [-0.25, -0.2) is 0 Å². The Morgan fingerprint density at radius 3 is 2.68 bits per heavy atom. The van der Waals surface area contributed by atoms with Crippen LogP contribution in [0.15, 0.2) is 28.8 Å². The molecule has 2 aliphatic heterocycles. The Labute approximate surface area is 130 Å². The van der Waals surface area contributed by atoms with Gasteiger partial charge in [-0.1, -0.05) is 29.4 Å². The van der Waals surface area contributed by atoms with Gasteiger partial charge in [-0.2, -0.15) is 4.98 Å². The Balaban J connectivity index is 1.52. The first-order valence-electron chi connectivity index (χ1n) is 8.03. The minimum atomic E-state index is -0.140. The van der Waals surface area contributed by atoms with Crippen LogP contribution in [0.2, 0.25) is 0 Å². The Kier molecular flexibility index (Phi) is 3.47. The monoisotopic (exact) mass is 299 g/mol. The van der Waals surface area contributed by atoms with E-state index in [-0.39, 0.29) is 6.10 Å². The third-order valence-electron chi connectivity index (χ3n) is 5.03. The third-order valence-corrected chi connectivity index (χ3v) is 5.03. The van der Waals surface area contributed by atoms with Gasteiger partial charge in [0.1, 0.15) is 0 Å². The van der Waals surface area contributed by atoms with Crippen LogP contribution in [-0.2, 0) is 6.54 Å². The Hall–Kier alpha value is -1.72. The van der Waals surface area contributed by atoms with Gasteiger partial charge in [0.15, 0.2) is 0 Å². The van der Waals surface area contributed by atoms with Crippen LogP contribution in [0.25, 0.3) is 11.4 Å². The van der Waals surface area contributed by atoms with Gasteiger partial charge in [0.25, 0.3) is 0 Å². The van der Waals surface area contributed by atoms with Crippen LogP contribution < -0.4 is 0 Å². The van der Waals surface area contributed by atoms with E-state index in [9.17, 15) is 5.11 Å². The summed E-state index contributed by atoms with van der Waals surface area (Å²) < 4.78 is 5.46. The molecule has 0 radical (unpaired) electrons. The highest BCUT2D eigenvalue weighted by molar-refractivity contribution is 5.58. The number of fused-ring (bicyclic) bond motifs is 2. The van der Waals surface area contributed by atoms with E-state index in [0.29, 0.717) is 30.3 Å². The first kappa shape index (κ1) is 13.9. The summed E-state index contributed by atoms with van der Waals surface area (Å²) in [6.07, 6.45) is 3.94. The minimum Gasteiger partial charge on any atom is -0.393 e. The molecule has 2 bridgehead atoms. The molecule has 0 aliphatic carbocycles. The number of hydrogen-bond donors (Lipinski definition) is 1. The van der Waals surface area contributed by atoms with Crippen molar-refractivity contribution in [2.75, 3.05) is 0 Å². The molecule has 0 amide bonds. The fourth-order valence-corrected chi connectivity index (χ4v) is 3.91. The normalized spacial score (nSPS) is 28.2. The molecule has 116 valence electrons. The zero-order valence-electron chi connectivity index (χ0n) is 12.8. The van der Waals surface area contributed by atoms with Gasteiger partial charge in [-0.3, -0.25) is 4.90 Å². The lowest BCUT2D eigenvalue weighted by Gasteiger charge is -2.36. The van der Waals surface area contributed by atoms with Crippen molar-refractivity contribution < 1.29 is 9.63 Å². The second kappa shape index (κ2) is 5.48. The molecule has 2 fully saturated rings. The van der Waals surface area contributed by atoms with Gasteiger partial charge < -0.3 is 9.63 Å². The number of rotatable bonds is 3. The van der Waals surface area contributed by atoms with Crippen molar-refractivity contribution in [2.24, 2.45) is 0 Å². The van der Waals surface area contributed by atoms with Gasteiger partial charge in [0.05, 0.1) is 12.6 Å². The highest BCUT2D eigenvalue weighted by Gasteiger charge is 2.40. The second-order valence-corrected chi connectivity index (χ2v) is 6.51. The number of benzene rings is 1. The maximum Gasteiger partial charge on any atom is 0.241 e. The zero-order chi connectivity index (χ0) is 15.1. The standard InChI is InChI=1S/C17H21N3O2/c1-11-4-2-3-5-15(11)17-18-16(22-19-17)10-20-12-6-7-13(20)9-14(21)8-12/h2-5,12-14,21H,6-10H2,1H3/t12-,13+,14?. The van der Waals surface area contributed by atoms with E-state index in [0.717, 1.165) is 24.0 Å². The molecule has 2 saturated heterocycles. The predicted molar refractivity (Wildman–Crippen MR) is 82.1 cm³/mol. The Morgan fingerprint density at radius 2 is 1.95 bits per heavy atom. The molecule has 3 atom stereocenters. The summed E-state index contributed by atoms with van der Waals surface area (Å²) >= 11 is 0. The van der Waals surface area contributed by atoms with E-state index < -0.39 is 0 Å². The van der Waals surface area contributed by atoms with E-state index in [1.807, 2.05) is 18.2 Å². The average molecular weight is 299 g/mol. The Morgan fingerprint density at radius 1 is 1.23 bits per heavy atom. The van der Waals surface area contributed by atoms with Crippen LogP contribution in [-0.4, -0.2) is 38.3 Å². The molecular weight excluding hydrogens is 278 g/mol. The summed E-state index contributed by atoms with van der Waals surface area (Å²) in [5, 5.41) is 14.0. The molecule has 22 heavy (non-hydrogen) atoms. The van der Waals surface area contributed by atoms with Crippen molar-refractivity contribution in [3.8, 4) is 11.4 Å². The zero-order valence-corrected chi connectivity index (χ0v) is 12.8. The molecule has 1 unspecified atom stereocenters. The van der Waals surface area contributed by atoms with Crippen LogP contribution in [0, 0.1) is 6.92 Å². The molecular formula is C17H21N3O2. The highest BCUT2D eigenvalue weighted by Crippen LogP contribution is 2.36. The number of hydrogen-bond acceptors (Lipinski definition) is 5. The molecule has 1 N–H and O–H groups in total. The predicted octanol–water partition coefficient (Wildman–Crippen LogP) is 2.53. The first-order valence-corrected chi connectivity index (χ1v) is 8.03. The maximum atomic E-state index is 9.88. The molecule has 0 spiro atoms. The molecule has 4 rings (SSSR count). The molecule has 1 aromatic carbocycles. The molecule has 5 heteroatoms. The van der Waals surface area contributed by atoms with E-state index >= 15 is 0 Å². The van der Waals surface area contributed by atoms with Crippen molar-refractivity contribution in [2.45, 2.75) is 57.3 Å². The SMILES string of the molecule is Cc1ccccc1-c1noc(CN2[C@@H]3CC[C@H]2CC(O)C3)n1. The highest BCUT2D eigenvalue weighted by atomic mass is 16.5. The number of aliphatic hydroxyl groups excluding tert-OH is 1. The number of piperidine rings is 1. The van der Waals surface area contributed by atoms with Crippen LogP contribution >= 0.6 is 0 Å². The lowest BCUT2D eigenvalue weighted by molar-refractivity contribution is 0.0256. The quantitative estimate of drug-likeness (QED) is 0.943. The number of aliphatic hydroxyl groups is 1. The lowest BCUT2D eigenvalue weighted by atomic mass is 10.00.